The molecule has 2 bridgehead atoms. The Morgan fingerprint density at radius 3 is 2.40 bits per heavy atom. The molecule has 0 aliphatic carbocycles. The van der Waals surface area contributed by atoms with Gasteiger partial charge in [0.2, 0.25) is 10.0 Å². The molecule has 3 aromatic rings. The van der Waals surface area contributed by atoms with E-state index in [-0.39, 0.29) is 36.1 Å². The average Bonchev–Trinajstić information content (AvgIpc) is 3.02. The molecule has 2 atom stereocenters. The van der Waals surface area contributed by atoms with E-state index in [9.17, 15) is 23.4 Å². The lowest BCUT2D eigenvalue weighted by Gasteiger charge is -2.31. The minimum absolute atomic E-state index is 0.0263. The molecule has 0 radical (unpaired) electrons. The average molecular weight is 637 g/mol. The van der Waals surface area contributed by atoms with Crippen molar-refractivity contribution < 1.29 is 32.9 Å². The highest BCUT2D eigenvalue weighted by Crippen LogP contribution is 2.25. The van der Waals surface area contributed by atoms with Crippen molar-refractivity contribution in [3.8, 4) is 17.2 Å². The van der Waals surface area contributed by atoms with Crippen molar-refractivity contribution in [2.45, 2.75) is 63.0 Å². The monoisotopic (exact) mass is 636 g/mol. The minimum Gasteiger partial charge on any atom is -0.508 e. The second kappa shape index (κ2) is 15.9. The van der Waals surface area contributed by atoms with Crippen LogP contribution in [-0.4, -0.2) is 67.8 Å². The van der Waals surface area contributed by atoms with Crippen LogP contribution in [0, 0.1) is 5.92 Å². The van der Waals surface area contributed by atoms with Gasteiger partial charge in [0, 0.05) is 24.2 Å². The Balaban J connectivity index is 1.67. The number of allylic oxidation sites excluding steroid dienone is 2. The van der Waals surface area contributed by atoms with Gasteiger partial charge >= 0.3 is 0 Å². The summed E-state index contributed by atoms with van der Waals surface area (Å²) in [5.41, 5.74) is 1.67. The first-order valence-corrected chi connectivity index (χ1v) is 16.8. The van der Waals surface area contributed by atoms with E-state index in [2.05, 4.69) is 11.4 Å². The van der Waals surface area contributed by atoms with Crippen molar-refractivity contribution in [2.75, 3.05) is 26.8 Å². The van der Waals surface area contributed by atoms with E-state index in [1.807, 2.05) is 44.2 Å². The fourth-order valence-electron chi connectivity index (χ4n) is 5.32. The van der Waals surface area contributed by atoms with Gasteiger partial charge < -0.3 is 25.0 Å². The van der Waals surface area contributed by atoms with Crippen LogP contribution in [0.1, 0.15) is 54.6 Å². The standard InChI is InChI=1S/C35H44N2O7S/c1-25(2)23-37(45(41,42)29-19-17-27(43-3)18-20-29)24-34(39)32-22-26-13-15-28(16-14-26)44-21-8-6-4-5-7-10-30-31(35(40)36-32)11-9-12-33(30)38/h4-5,9,11-20,25,32,34,38-39H,6-8,10,21-24H2,1-3H3,(H,36,40)/b5-4+/t32-,34+/m0/s1. The highest BCUT2D eigenvalue weighted by atomic mass is 32.2. The molecule has 10 heteroatoms. The number of aromatic hydroxyl groups is 1. The molecule has 0 unspecified atom stereocenters. The van der Waals surface area contributed by atoms with Crippen LogP contribution in [0.15, 0.2) is 83.8 Å². The van der Waals surface area contributed by atoms with Gasteiger partial charge in [-0.05, 0) is 92.1 Å². The Bertz CT molecular complexity index is 1540. The summed E-state index contributed by atoms with van der Waals surface area (Å²) >= 11 is 0. The number of fused-ring (bicyclic) bond motifs is 11. The van der Waals surface area contributed by atoms with Crippen LogP contribution in [0.25, 0.3) is 0 Å². The molecule has 0 aromatic heterocycles. The van der Waals surface area contributed by atoms with E-state index in [0.29, 0.717) is 36.3 Å². The molecule has 45 heavy (non-hydrogen) atoms. The fourth-order valence-corrected chi connectivity index (χ4v) is 6.94. The molecule has 0 spiro atoms. The number of hydrogen-bond acceptors (Lipinski definition) is 7. The predicted octanol–water partition coefficient (Wildman–Crippen LogP) is 5.11. The minimum atomic E-state index is -3.99. The van der Waals surface area contributed by atoms with Crippen molar-refractivity contribution in [3.63, 3.8) is 0 Å². The van der Waals surface area contributed by atoms with Crippen LogP contribution in [0.2, 0.25) is 0 Å². The first kappa shape index (κ1) is 34.0. The summed E-state index contributed by atoms with van der Waals surface area (Å²) in [5.74, 6) is 0.802. The normalized spacial score (nSPS) is 17.9. The zero-order valence-electron chi connectivity index (χ0n) is 26.2. The first-order valence-electron chi connectivity index (χ1n) is 15.4. The summed E-state index contributed by atoms with van der Waals surface area (Å²) in [6, 6.07) is 17.6. The molecule has 2 aliphatic heterocycles. The van der Waals surface area contributed by atoms with Gasteiger partial charge in [0.1, 0.15) is 17.2 Å². The van der Waals surface area contributed by atoms with Crippen molar-refractivity contribution in [3.05, 3.63) is 95.6 Å². The van der Waals surface area contributed by atoms with Gasteiger partial charge in [-0.25, -0.2) is 8.42 Å². The predicted molar refractivity (Wildman–Crippen MR) is 174 cm³/mol. The summed E-state index contributed by atoms with van der Waals surface area (Å²) in [7, 11) is -2.48. The van der Waals surface area contributed by atoms with Crippen molar-refractivity contribution in [1.29, 1.82) is 0 Å². The molecule has 2 heterocycles. The number of nitrogens with one attached hydrogen (secondary N) is 1. The number of rotatable bonds is 8. The number of sulfonamides is 1. The van der Waals surface area contributed by atoms with Gasteiger partial charge in [-0.3, -0.25) is 4.79 Å². The number of benzene rings is 3. The number of ether oxygens (including phenoxy) is 2. The maximum Gasteiger partial charge on any atom is 0.252 e. The molecular formula is C35H44N2O7S. The molecule has 5 rings (SSSR count). The van der Waals surface area contributed by atoms with E-state index in [1.165, 1.54) is 23.5 Å². The lowest BCUT2D eigenvalue weighted by Crippen LogP contribution is -2.51. The summed E-state index contributed by atoms with van der Waals surface area (Å²) in [6.45, 7) is 4.31. The van der Waals surface area contributed by atoms with E-state index in [4.69, 9.17) is 9.47 Å². The van der Waals surface area contributed by atoms with Crippen molar-refractivity contribution in [1.82, 2.24) is 9.62 Å². The number of carbonyl (C=O) groups excluding carboxylic acids is 1. The maximum absolute atomic E-state index is 13.8. The third kappa shape index (κ3) is 9.32. The Hall–Kier alpha value is -3.86. The van der Waals surface area contributed by atoms with Crippen molar-refractivity contribution in [2.24, 2.45) is 5.92 Å². The molecule has 3 aromatic carbocycles. The lowest BCUT2D eigenvalue weighted by atomic mass is 9.97. The Labute approximate surface area is 266 Å². The number of phenols is 1. The summed E-state index contributed by atoms with van der Waals surface area (Å²) in [6.07, 6.45) is 5.89. The smallest absolute Gasteiger partial charge is 0.252 e. The molecule has 242 valence electrons. The summed E-state index contributed by atoms with van der Waals surface area (Å²) in [5, 5.41) is 25.3. The van der Waals surface area contributed by atoms with Crippen LogP contribution in [0.3, 0.4) is 0 Å². The van der Waals surface area contributed by atoms with Gasteiger partial charge in [0.15, 0.2) is 0 Å². The number of hydrogen-bond donors (Lipinski definition) is 3. The third-order valence-corrected chi connectivity index (χ3v) is 9.57. The van der Waals surface area contributed by atoms with Gasteiger partial charge in [-0.2, -0.15) is 4.31 Å². The molecule has 0 saturated carbocycles. The van der Waals surface area contributed by atoms with Crippen LogP contribution in [0.5, 0.6) is 17.2 Å². The number of phenolic OH excluding ortho intramolecular Hbond substituents is 1. The number of amides is 1. The quantitative estimate of drug-likeness (QED) is 0.294. The van der Waals surface area contributed by atoms with Gasteiger partial charge in [0.05, 0.1) is 30.8 Å². The van der Waals surface area contributed by atoms with Crippen LogP contribution in [-0.2, 0) is 22.9 Å². The molecule has 1 amide bonds. The SMILES string of the molecule is COc1ccc(S(=O)(=O)N(CC(C)C)C[C@@H](O)[C@@H]2Cc3ccc(cc3)OCCC/C=C/CCc3c(O)cccc3C(=O)N2)cc1. The zero-order chi connectivity index (χ0) is 32.4. The number of carbonyl (C=O) groups is 1. The highest BCUT2D eigenvalue weighted by molar-refractivity contribution is 7.89. The summed E-state index contributed by atoms with van der Waals surface area (Å²) in [4.78, 5) is 13.8. The fraction of sp³-hybridized carbons (Fsp3) is 0.400. The second-order valence-corrected chi connectivity index (χ2v) is 13.6. The van der Waals surface area contributed by atoms with Crippen molar-refractivity contribution >= 4 is 15.9 Å². The van der Waals surface area contributed by atoms with Crippen LogP contribution in [0.4, 0.5) is 0 Å². The van der Waals surface area contributed by atoms with E-state index < -0.39 is 28.1 Å². The van der Waals surface area contributed by atoms with E-state index >= 15 is 0 Å². The Morgan fingerprint density at radius 2 is 1.71 bits per heavy atom. The highest BCUT2D eigenvalue weighted by Gasteiger charge is 2.32. The lowest BCUT2D eigenvalue weighted by molar-refractivity contribution is 0.0774. The molecule has 3 N–H and O–H groups in total. The largest absolute Gasteiger partial charge is 0.508 e. The number of methoxy groups -OCH3 is 1. The number of nitrogens with zero attached hydrogens (tertiary/aromatic N) is 1. The Morgan fingerprint density at radius 1 is 1.00 bits per heavy atom. The molecule has 0 fully saturated rings. The molecular weight excluding hydrogens is 592 g/mol. The first-order chi connectivity index (χ1) is 21.6. The second-order valence-electron chi connectivity index (χ2n) is 11.7. The van der Waals surface area contributed by atoms with Gasteiger partial charge in [-0.15, -0.1) is 0 Å². The topological polar surface area (TPSA) is 125 Å². The molecule has 2 aliphatic rings. The van der Waals surface area contributed by atoms with E-state index in [0.717, 1.165) is 24.2 Å². The van der Waals surface area contributed by atoms with Gasteiger partial charge in [-0.1, -0.05) is 44.2 Å². The number of aliphatic hydroxyl groups excluding tert-OH is 1. The van der Waals surface area contributed by atoms with Crippen LogP contribution < -0.4 is 14.8 Å². The van der Waals surface area contributed by atoms with Crippen LogP contribution >= 0.6 is 0 Å². The number of aliphatic hydroxyl groups is 1. The third-order valence-electron chi connectivity index (χ3n) is 7.72. The molecule has 9 nitrogen and oxygen atoms in total. The molecule has 0 saturated heterocycles. The zero-order valence-corrected chi connectivity index (χ0v) is 27.0. The van der Waals surface area contributed by atoms with E-state index in [1.54, 1.807) is 30.3 Å². The summed E-state index contributed by atoms with van der Waals surface area (Å²) < 4.78 is 39.9. The van der Waals surface area contributed by atoms with Gasteiger partial charge in [0.25, 0.3) is 5.91 Å². The Kier molecular flexibility index (Phi) is 12.0. The maximum atomic E-state index is 13.8.